The van der Waals surface area contributed by atoms with Crippen molar-refractivity contribution in [2.24, 2.45) is 0 Å². The number of nitrogens with one attached hydrogen (secondary N) is 2. The second-order valence-electron chi connectivity index (χ2n) is 7.14. The number of carbonyl (C=O) groups excluding carboxylic acids is 2. The van der Waals surface area contributed by atoms with E-state index in [0.717, 1.165) is 11.3 Å². The van der Waals surface area contributed by atoms with Crippen molar-refractivity contribution in [3.8, 4) is 11.4 Å². The lowest BCUT2D eigenvalue weighted by molar-refractivity contribution is -0.115. The molecule has 1 heterocycles. The van der Waals surface area contributed by atoms with Crippen LogP contribution in [0, 0.1) is 5.82 Å². The summed E-state index contributed by atoms with van der Waals surface area (Å²) < 4.78 is 20.5. The molecular formula is C25H21FN4O3. The molecule has 3 aromatic carbocycles. The third-order valence-corrected chi connectivity index (χ3v) is 4.77. The molecule has 0 unspecified atom stereocenters. The minimum atomic E-state index is -0.436. The summed E-state index contributed by atoms with van der Waals surface area (Å²) in [5.41, 5.74) is 2.54. The van der Waals surface area contributed by atoms with Gasteiger partial charge in [-0.25, -0.2) is 9.07 Å². The van der Waals surface area contributed by atoms with E-state index in [-0.39, 0.29) is 24.9 Å². The summed E-state index contributed by atoms with van der Waals surface area (Å²) in [6, 6.07) is 21.7. The molecule has 0 radical (unpaired) electrons. The Balaban J connectivity index is 1.31. The van der Waals surface area contributed by atoms with E-state index in [1.165, 1.54) is 12.1 Å². The summed E-state index contributed by atoms with van der Waals surface area (Å²) in [4.78, 5) is 24.9. The van der Waals surface area contributed by atoms with E-state index >= 15 is 0 Å². The number of halogens is 1. The minimum absolute atomic E-state index is 0.180. The maximum atomic E-state index is 13.1. The molecule has 0 aliphatic heterocycles. The number of aromatic nitrogens is 2. The molecule has 4 rings (SSSR count). The summed E-state index contributed by atoms with van der Waals surface area (Å²) in [6.45, 7) is -0.0222. The Labute approximate surface area is 189 Å². The Bertz CT molecular complexity index is 1220. The topological polar surface area (TPSA) is 85.3 Å². The van der Waals surface area contributed by atoms with Crippen LogP contribution in [0.15, 0.2) is 91.3 Å². The van der Waals surface area contributed by atoms with Crippen LogP contribution < -0.4 is 15.4 Å². The largest absolute Gasteiger partial charge is 0.488 e. The Hall–Kier alpha value is -4.46. The van der Waals surface area contributed by atoms with Crippen LogP contribution in [-0.4, -0.2) is 28.1 Å². The van der Waals surface area contributed by atoms with Crippen LogP contribution in [0.2, 0.25) is 0 Å². The first kappa shape index (κ1) is 21.8. The van der Waals surface area contributed by atoms with Crippen molar-refractivity contribution in [2.45, 2.75) is 6.61 Å². The van der Waals surface area contributed by atoms with Crippen molar-refractivity contribution in [2.75, 3.05) is 11.9 Å². The molecule has 0 fully saturated rings. The fraction of sp³-hybridized carbons (Fsp3) is 0.0800. The average molecular weight is 444 g/mol. The van der Waals surface area contributed by atoms with E-state index in [9.17, 15) is 14.0 Å². The van der Waals surface area contributed by atoms with Crippen LogP contribution in [0.5, 0.6) is 5.75 Å². The summed E-state index contributed by atoms with van der Waals surface area (Å²) >= 11 is 0. The summed E-state index contributed by atoms with van der Waals surface area (Å²) in [7, 11) is 0. The van der Waals surface area contributed by atoms with Crippen molar-refractivity contribution in [1.82, 2.24) is 15.1 Å². The van der Waals surface area contributed by atoms with E-state index < -0.39 is 5.91 Å². The summed E-state index contributed by atoms with van der Waals surface area (Å²) in [6.07, 6.45) is 3.51. The quantitative estimate of drug-likeness (QED) is 0.431. The maximum absolute atomic E-state index is 13.1. The SMILES string of the molecule is O=C(CNC(=O)c1ccccc1OCc1ccc(F)cc1)Nc1ccc(-n2cccn2)cc1. The number of benzene rings is 3. The van der Waals surface area contributed by atoms with Crippen molar-refractivity contribution in [1.29, 1.82) is 0 Å². The summed E-state index contributed by atoms with van der Waals surface area (Å²) in [5.74, 6) is -0.756. The molecule has 0 spiro atoms. The number of hydrogen-bond donors (Lipinski definition) is 2. The Morgan fingerprint density at radius 2 is 1.70 bits per heavy atom. The van der Waals surface area contributed by atoms with Gasteiger partial charge in [-0.15, -0.1) is 0 Å². The first-order valence-corrected chi connectivity index (χ1v) is 10.2. The Morgan fingerprint density at radius 1 is 0.939 bits per heavy atom. The van der Waals surface area contributed by atoms with Gasteiger partial charge in [0.2, 0.25) is 5.91 Å². The molecule has 0 atom stereocenters. The third-order valence-electron chi connectivity index (χ3n) is 4.77. The van der Waals surface area contributed by atoms with Gasteiger partial charge in [-0.3, -0.25) is 9.59 Å². The molecule has 0 aliphatic rings. The Kier molecular flexibility index (Phi) is 6.75. The molecule has 0 saturated heterocycles. The molecule has 8 heteroatoms. The molecule has 166 valence electrons. The van der Waals surface area contributed by atoms with Crippen molar-refractivity contribution >= 4 is 17.5 Å². The molecule has 4 aromatic rings. The van der Waals surface area contributed by atoms with E-state index in [1.54, 1.807) is 59.4 Å². The van der Waals surface area contributed by atoms with Crippen LogP contribution in [0.1, 0.15) is 15.9 Å². The zero-order valence-electron chi connectivity index (χ0n) is 17.6. The number of rotatable bonds is 8. The van der Waals surface area contributed by atoms with Crippen LogP contribution in [0.25, 0.3) is 5.69 Å². The lowest BCUT2D eigenvalue weighted by Crippen LogP contribution is -2.33. The first-order valence-electron chi connectivity index (χ1n) is 10.2. The van der Waals surface area contributed by atoms with Gasteiger partial charge in [0.1, 0.15) is 18.2 Å². The highest BCUT2D eigenvalue weighted by molar-refractivity contribution is 6.00. The number of ether oxygens (including phenoxy) is 1. The van der Waals surface area contributed by atoms with E-state index in [2.05, 4.69) is 15.7 Å². The van der Waals surface area contributed by atoms with Gasteiger partial charge in [0.15, 0.2) is 0 Å². The van der Waals surface area contributed by atoms with Gasteiger partial charge >= 0.3 is 0 Å². The number of para-hydroxylation sites is 1. The molecule has 0 bridgehead atoms. The highest BCUT2D eigenvalue weighted by atomic mass is 19.1. The van der Waals surface area contributed by atoms with Gasteiger partial charge < -0.3 is 15.4 Å². The lowest BCUT2D eigenvalue weighted by Gasteiger charge is -2.12. The van der Waals surface area contributed by atoms with Gasteiger partial charge in [0.25, 0.3) is 5.91 Å². The zero-order chi connectivity index (χ0) is 23.0. The van der Waals surface area contributed by atoms with Crippen LogP contribution >= 0.6 is 0 Å². The Morgan fingerprint density at radius 3 is 2.42 bits per heavy atom. The van der Waals surface area contributed by atoms with Crippen LogP contribution in [0.3, 0.4) is 0 Å². The van der Waals surface area contributed by atoms with Crippen LogP contribution in [-0.2, 0) is 11.4 Å². The third kappa shape index (κ3) is 5.82. The summed E-state index contributed by atoms with van der Waals surface area (Å²) in [5, 5.41) is 9.50. The molecule has 2 amide bonds. The van der Waals surface area contributed by atoms with Crippen molar-refractivity contribution in [3.05, 3.63) is 108 Å². The van der Waals surface area contributed by atoms with Crippen molar-refractivity contribution < 1.29 is 18.7 Å². The fourth-order valence-corrected chi connectivity index (χ4v) is 3.10. The predicted octanol–water partition coefficient (Wildman–Crippen LogP) is 3.96. The van der Waals surface area contributed by atoms with Crippen molar-refractivity contribution in [3.63, 3.8) is 0 Å². The second kappa shape index (κ2) is 10.2. The van der Waals surface area contributed by atoms with Crippen LogP contribution in [0.4, 0.5) is 10.1 Å². The molecule has 7 nitrogen and oxygen atoms in total. The number of amides is 2. The predicted molar refractivity (Wildman–Crippen MR) is 122 cm³/mol. The molecule has 33 heavy (non-hydrogen) atoms. The monoisotopic (exact) mass is 444 g/mol. The average Bonchev–Trinajstić information content (AvgIpc) is 3.38. The molecular weight excluding hydrogens is 423 g/mol. The van der Waals surface area contributed by atoms with Gasteiger partial charge in [-0.2, -0.15) is 5.10 Å². The number of hydrogen-bond acceptors (Lipinski definition) is 4. The number of nitrogens with zero attached hydrogens (tertiary/aromatic N) is 2. The smallest absolute Gasteiger partial charge is 0.255 e. The van der Waals surface area contributed by atoms with E-state index in [0.29, 0.717) is 17.0 Å². The zero-order valence-corrected chi connectivity index (χ0v) is 17.6. The standard InChI is InChI=1S/C25H21FN4O3/c26-19-8-6-18(7-9-19)17-33-23-5-2-1-4-22(23)25(32)27-16-24(31)29-20-10-12-21(13-11-20)30-15-3-14-28-30/h1-15H,16-17H2,(H,27,32)(H,29,31). The van der Waals surface area contributed by atoms with Gasteiger partial charge in [-0.1, -0.05) is 24.3 Å². The van der Waals surface area contributed by atoms with E-state index in [1.807, 2.05) is 24.4 Å². The molecule has 1 aromatic heterocycles. The maximum Gasteiger partial charge on any atom is 0.255 e. The number of anilines is 1. The highest BCUT2D eigenvalue weighted by Gasteiger charge is 2.14. The van der Waals surface area contributed by atoms with Gasteiger partial charge in [0, 0.05) is 18.1 Å². The minimum Gasteiger partial charge on any atom is -0.488 e. The normalized spacial score (nSPS) is 10.5. The highest BCUT2D eigenvalue weighted by Crippen LogP contribution is 2.19. The molecule has 0 saturated carbocycles. The first-order chi connectivity index (χ1) is 16.1. The van der Waals surface area contributed by atoms with Gasteiger partial charge in [0.05, 0.1) is 17.8 Å². The fourth-order valence-electron chi connectivity index (χ4n) is 3.10. The van der Waals surface area contributed by atoms with E-state index in [4.69, 9.17) is 4.74 Å². The second-order valence-corrected chi connectivity index (χ2v) is 7.14. The molecule has 2 N–H and O–H groups in total. The lowest BCUT2D eigenvalue weighted by atomic mass is 10.2. The van der Waals surface area contributed by atoms with Gasteiger partial charge in [-0.05, 0) is 60.2 Å². The molecule has 0 aliphatic carbocycles. The number of carbonyl (C=O) groups is 2.